The molecule has 3 fully saturated rings. The molecule has 3 saturated heterocycles. The van der Waals surface area contributed by atoms with Crippen LogP contribution in [0.4, 0.5) is 10.1 Å². The Morgan fingerprint density at radius 2 is 1.82 bits per heavy atom. The van der Waals surface area contributed by atoms with Crippen LogP contribution in [0.2, 0.25) is 0 Å². The first-order valence-electron chi connectivity index (χ1n) is 9.29. The summed E-state index contributed by atoms with van der Waals surface area (Å²) in [7, 11) is 0. The molecule has 7 heteroatoms. The van der Waals surface area contributed by atoms with Gasteiger partial charge in [-0.2, -0.15) is 0 Å². The lowest BCUT2D eigenvalue weighted by molar-refractivity contribution is -0.880. The average molecular weight is 383 g/mol. The smallest absolute Gasteiger partial charge is 0.338 e. The van der Waals surface area contributed by atoms with Crippen LogP contribution >= 0.6 is 0 Å². The van der Waals surface area contributed by atoms with Crippen molar-refractivity contribution in [1.82, 2.24) is 0 Å². The molecule has 144 valence electrons. The molecule has 0 aromatic heterocycles. The van der Waals surface area contributed by atoms with Crippen LogP contribution < -0.4 is 4.90 Å². The van der Waals surface area contributed by atoms with Gasteiger partial charge in [0.1, 0.15) is 11.5 Å². The summed E-state index contributed by atoms with van der Waals surface area (Å²) >= 11 is 0. The molecule has 0 amide bonds. The number of nitro groups is 1. The van der Waals surface area contributed by atoms with E-state index in [1.807, 2.05) is 0 Å². The highest BCUT2D eigenvalue weighted by molar-refractivity contribution is 5.90. The highest BCUT2D eigenvalue weighted by Gasteiger charge is 2.44. The number of quaternary nitrogens is 1. The number of rotatable bonds is 4. The fourth-order valence-corrected chi connectivity index (χ4v) is 4.04. The number of halogens is 1. The maximum Gasteiger partial charge on any atom is 0.338 e. The van der Waals surface area contributed by atoms with E-state index in [9.17, 15) is 19.3 Å². The molecule has 6 nitrogen and oxygen atoms in total. The number of non-ortho nitro benzene ring substituents is 1. The van der Waals surface area contributed by atoms with Gasteiger partial charge in [-0.05, 0) is 18.2 Å². The standard InChI is InChI=1S/C21H19FN2O4/c22-18-4-2-1-3-16(18)13-19-20(14-9-11-23(19)12-10-14)28-21(25)15-5-7-17(8-6-15)24(26)27/h1-8,13-14,20H,9-12H2/p+1/b19-13-/t20-/m0/s1. The molecule has 0 aliphatic carbocycles. The molecule has 5 rings (SSSR count). The molecule has 3 heterocycles. The second-order valence-electron chi connectivity index (χ2n) is 7.19. The number of nitrogens with one attached hydrogen (secondary N) is 1. The predicted molar refractivity (Wildman–Crippen MR) is 100 cm³/mol. The van der Waals surface area contributed by atoms with E-state index in [2.05, 4.69) is 0 Å². The van der Waals surface area contributed by atoms with E-state index in [-0.39, 0.29) is 23.0 Å². The van der Waals surface area contributed by atoms with Crippen molar-refractivity contribution in [3.63, 3.8) is 0 Å². The molecule has 2 aromatic rings. The number of nitro benzene ring substituents is 1. The fourth-order valence-electron chi connectivity index (χ4n) is 4.04. The van der Waals surface area contributed by atoms with E-state index in [1.165, 1.54) is 35.2 Å². The largest absolute Gasteiger partial charge is 0.448 e. The van der Waals surface area contributed by atoms with E-state index in [1.54, 1.807) is 24.3 Å². The monoisotopic (exact) mass is 383 g/mol. The van der Waals surface area contributed by atoms with Crippen LogP contribution in [0.5, 0.6) is 0 Å². The maximum atomic E-state index is 14.1. The van der Waals surface area contributed by atoms with Gasteiger partial charge in [0, 0.05) is 42.5 Å². The first kappa shape index (κ1) is 18.3. The molecule has 1 atom stereocenters. The summed E-state index contributed by atoms with van der Waals surface area (Å²) in [6, 6.07) is 11.9. The third kappa shape index (κ3) is 3.53. The SMILES string of the molecule is O=C(O[C@@H]1/C(=C/c2ccccc2F)[NH+]2CCC1CC2)c1ccc([N+](=O)[O-])cc1. The van der Waals surface area contributed by atoms with Gasteiger partial charge in [-0.15, -0.1) is 0 Å². The Morgan fingerprint density at radius 3 is 2.46 bits per heavy atom. The predicted octanol–water partition coefficient (Wildman–Crippen LogP) is 2.61. The van der Waals surface area contributed by atoms with Crippen molar-refractivity contribution in [2.24, 2.45) is 5.92 Å². The number of fused-ring (bicyclic) bond motifs is 3. The van der Waals surface area contributed by atoms with Crippen LogP contribution in [0.1, 0.15) is 28.8 Å². The number of hydrogen-bond donors (Lipinski definition) is 1. The summed E-state index contributed by atoms with van der Waals surface area (Å²) in [5, 5.41) is 10.8. The lowest BCUT2D eigenvalue weighted by atomic mass is 9.82. The van der Waals surface area contributed by atoms with Crippen molar-refractivity contribution in [1.29, 1.82) is 0 Å². The Hall–Kier alpha value is -3.06. The fraction of sp³-hybridized carbons (Fsp3) is 0.286. The zero-order chi connectivity index (χ0) is 19.7. The third-order valence-corrected chi connectivity index (χ3v) is 5.54. The van der Waals surface area contributed by atoms with E-state index in [0.717, 1.165) is 31.6 Å². The molecule has 2 aromatic carbocycles. The number of nitrogens with zero attached hydrogens (tertiary/aromatic N) is 1. The molecule has 3 aliphatic heterocycles. The number of hydrogen-bond acceptors (Lipinski definition) is 4. The van der Waals surface area contributed by atoms with Gasteiger partial charge >= 0.3 is 5.97 Å². The normalized spacial score (nSPS) is 24.9. The van der Waals surface area contributed by atoms with Crippen molar-refractivity contribution < 1.29 is 23.7 Å². The molecule has 2 bridgehead atoms. The average Bonchev–Trinajstić information content (AvgIpc) is 2.72. The van der Waals surface area contributed by atoms with Crippen molar-refractivity contribution in [3.05, 3.63) is 81.3 Å². The number of ether oxygens (including phenoxy) is 1. The number of piperidine rings is 3. The highest BCUT2D eigenvalue weighted by atomic mass is 19.1. The second kappa shape index (κ2) is 7.52. The quantitative estimate of drug-likeness (QED) is 0.500. The molecule has 0 radical (unpaired) electrons. The van der Waals surface area contributed by atoms with Gasteiger partial charge in [0.05, 0.1) is 23.6 Å². The van der Waals surface area contributed by atoms with E-state index >= 15 is 0 Å². The van der Waals surface area contributed by atoms with Gasteiger partial charge in [-0.1, -0.05) is 18.2 Å². The van der Waals surface area contributed by atoms with Crippen LogP contribution in [0, 0.1) is 21.8 Å². The van der Waals surface area contributed by atoms with Gasteiger partial charge in [0.2, 0.25) is 0 Å². The van der Waals surface area contributed by atoms with Crippen molar-refractivity contribution in [2.45, 2.75) is 18.9 Å². The van der Waals surface area contributed by atoms with Gasteiger partial charge in [-0.25, -0.2) is 9.18 Å². The second-order valence-corrected chi connectivity index (χ2v) is 7.19. The van der Waals surface area contributed by atoms with Gasteiger partial charge in [0.15, 0.2) is 6.10 Å². The summed E-state index contributed by atoms with van der Waals surface area (Å²) in [5.41, 5.74) is 1.56. The Labute approximate surface area is 161 Å². The highest BCUT2D eigenvalue weighted by Crippen LogP contribution is 2.29. The summed E-state index contributed by atoms with van der Waals surface area (Å²) in [6.45, 7) is 1.88. The van der Waals surface area contributed by atoms with Crippen LogP contribution in [0.15, 0.2) is 54.2 Å². The van der Waals surface area contributed by atoms with E-state index in [4.69, 9.17) is 4.74 Å². The molecular weight excluding hydrogens is 363 g/mol. The minimum Gasteiger partial charge on any atom is -0.448 e. The number of esters is 1. The molecule has 0 unspecified atom stereocenters. The molecule has 3 aliphatic rings. The zero-order valence-corrected chi connectivity index (χ0v) is 15.1. The molecule has 0 spiro atoms. The lowest BCUT2D eigenvalue weighted by Gasteiger charge is -2.42. The summed E-state index contributed by atoms with van der Waals surface area (Å²) in [6.07, 6.45) is 3.27. The van der Waals surface area contributed by atoms with Crippen LogP contribution in [0.25, 0.3) is 6.08 Å². The Morgan fingerprint density at radius 1 is 1.14 bits per heavy atom. The number of carbonyl (C=O) groups is 1. The minimum atomic E-state index is -0.521. The number of benzene rings is 2. The van der Waals surface area contributed by atoms with Crippen molar-refractivity contribution in [3.8, 4) is 0 Å². The topological polar surface area (TPSA) is 73.9 Å². The first-order chi connectivity index (χ1) is 13.5. The zero-order valence-electron chi connectivity index (χ0n) is 15.1. The molecule has 1 N–H and O–H groups in total. The first-order valence-corrected chi connectivity index (χ1v) is 9.29. The van der Waals surface area contributed by atoms with E-state index in [0.29, 0.717) is 5.56 Å². The Bertz CT molecular complexity index is 934. The maximum absolute atomic E-state index is 14.1. The molecular formula is C21H20FN2O4+. The van der Waals surface area contributed by atoms with Crippen molar-refractivity contribution >= 4 is 17.7 Å². The summed E-state index contributed by atoms with van der Waals surface area (Å²) < 4.78 is 19.9. The van der Waals surface area contributed by atoms with Gasteiger partial charge in [0.25, 0.3) is 5.69 Å². The lowest BCUT2D eigenvalue weighted by Crippen LogP contribution is -3.14. The van der Waals surface area contributed by atoms with E-state index < -0.39 is 17.0 Å². The van der Waals surface area contributed by atoms with Crippen LogP contribution in [-0.2, 0) is 4.74 Å². The Kier molecular flexibility index (Phi) is 4.92. The van der Waals surface area contributed by atoms with Crippen molar-refractivity contribution in [2.75, 3.05) is 13.1 Å². The molecule has 0 saturated carbocycles. The van der Waals surface area contributed by atoms with Crippen LogP contribution in [0.3, 0.4) is 0 Å². The Balaban J connectivity index is 1.60. The van der Waals surface area contributed by atoms with Crippen LogP contribution in [-0.4, -0.2) is 30.1 Å². The van der Waals surface area contributed by atoms with Gasteiger partial charge < -0.3 is 9.64 Å². The minimum absolute atomic E-state index is 0.0797. The van der Waals surface area contributed by atoms with Gasteiger partial charge in [-0.3, -0.25) is 10.1 Å². The number of carbonyl (C=O) groups excluding carboxylic acids is 1. The third-order valence-electron chi connectivity index (χ3n) is 5.54. The summed E-state index contributed by atoms with van der Waals surface area (Å²) in [5.74, 6) is -0.623. The molecule has 28 heavy (non-hydrogen) atoms. The summed E-state index contributed by atoms with van der Waals surface area (Å²) in [4.78, 5) is 24.1.